The number of allylic oxidation sites excluding steroid dienone is 2. The van der Waals surface area contributed by atoms with Crippen LogP contribution in [0.4, 0.5) is 0 Å². The van der Waals surface area contributed by atoms with Crippen molar-refractivity contribution in [3.05, 3.63) is 11.6 Å². The summed E-state index contributed by atoms with van der Waals surface area (Å²) in [7, 11) is 2.23. The van der Waals surface area contributed by atoms with E-state index in [0.29, 0.717) is 0 Å². The Hall–Kier alpha value is -0.340. The molecule has 0 saturated carbocycles. The molecule has 2 heteroatoms. The van der Waals surface area contributed by atoms with Gasteiger partial charge in [0.2, 0.25) is 0 Å². The highest BCUT2D eigenvalue weighted by atomic mass is 15.1. The number of hydrogen-bond donors (Lipinski definition) is 1. The highest BCUT2D eigenvalue weighted by Crippen LogP contribution is 2.30. The van der Waals surface area contributed by atoms with Gasteiger partial charge in [-0.15, -0.1) is 0 Å². The predicted molar refractivity (Wildman–Crippen MR) is 76.4 cm³/mol. The maximum absolute atomic E-state index is 3.53. The average Bonchev–Trinajstić information content (AvgIpc) is 2.20. The highest BCUT2D eigenvalue weighted by molar-refractivity contribution is 5.14. The van der Waals surface area contributed by atoms with E-state index in [1.54, 1.807) is 5.57 Å². The molecule has 1 aliphatic carbocycles. The zero-order valence-corrected chi connectivity index (χ0v) is 12.3. The molecule has 0 saturated heterocycles. The van der Waals surface area contributed by atoms with Gasteiger partial charge in [0.25, 0.3) is 0 Å². The number of nitrogens with zero attached hydrogens (tertiary/aromatic N) is 1. The fraction of sp³-hybridized carbons (Fsp3) is 0.867. The second kappa shape index (κ2) is 6.55. The monoisotopic (exact) mass is 238 g/mol. The van der Waals surface area contributed by atoms with Crippen molar-refractivity contribution < 1.29 is 0 Å². The smallest absolute Gasteiger partial charge is 0.0104 e. The maximum atomic E-state index is 3.53. The topological polar surface area (TPSA) is 15.3 Å². The van der Waals surface area contributed by atoms with Gasteiger partial charge in [0.1, 0.15) is 0 Å². The first-order chi connectivity index (χ1) is 7.88. The van der Waals surface area contributed by atoms with Crippen molar-refractivity contribution in [3.63, 3.8) is 0 Å². The van der Waals surface area contributed by atoms with Gasteiger partial charge in [-0.25, -0.2) is 0 Å². The van der Waals surface area contributed by atoms with E-state index < -0.39 is 0 Å². The van der Waals surface area contributed by atoms with Gasteiger partial charge in [-0.2, -0.15) is 0 Å². The Kier molecular flexibility index (Phi) is 5.68. The van der Waals surface area contributed by atoms with Crippen molar-refractivity contribution in [1.29, 1.82) is 0 Å². The lowest BCUT2D eigenvalue weighted by Crippen LogP contribution is -2.40. The summed E-state index contributed by atoms with van der Waals surface area (Å²) in [5, 5.41) is 3.53. The first kappa shape index (κ1) is 14.7. The van der Waals surface area contributed by atoms with E-state index in [1.165, 1.54) is 25.8 Å². The second-order valence-corrected chi connectivity index (χ2v) is 6.50. The van der Waals surface area contributed by atoms with Gasteiger partial charge in [-0.05, 0) is 66.5 Å². The van der Waals surface area contributed by atoms with Crippen LogP contribution in [-0.4, -0.2) is 37.1 Å². The standard InChI is InChI=1S/C15H30N2/c1-13-8-9-14(13)7-6-11-17(5)12-10-16-15(2,3)4/h8,14,16H,6-7,9-12H2,1-5H3. The van der Waals surface area contributed by atoms with Crippen LogP contribution >= 0.6 is 0 Å². The quantitative estimate of drug-likeness (QED) is 0.686. The molecule has 1 atom stereocenters. The third kappa shape index (κ3) is 6.23. The Labute approximate surface area is 107 Å². The number of likely N-dealkylation sites (N-methyl/N-ethyl adjacent to an activating group) is 1. The lowest BCUT2D eigenvalue weighted by molar-refractivity contribution is 0.296. The van der Waals surface area contributed by atoms with Crippen molar-refractivity contribution in [1.82, 2.24) is 10.2 Å². The summed E-state index contributed by atoms with van der Waals surface area (Å²) < 4.78 is 0. The summed E-state index contributed by atoms with van der Waals surface area (Å²) >= 11 is 0. The second-order valence-electron chi connectivity index (χ2n) is 6.50. The van der Waals surface area contributed by atoms with Crippen LogP contribution in [0.3, 0.4) is 0 Å². The molecule has 1 unspecified atom stereocenters. The lowest BCUT2D eigenvalue weighted by Gasteiger charge is -2.26. The van der Waals surface area contributed by atoms with E-state index in [9.17, 15) is 0 Å². The van der Waals surface area contributed by atoms with Gasteiger partial charge < -0.3 is 10.2 Å². The Morgan fingerprint density at radius 2 is 2.06 bits per heavy atom. The molecule has 0 aromatic heterocycles. The molecular formula is C15H30N2. The van der Waals surface area contributed by atoms with E-state index in [-0.39, 0.29) is 5.54 Å². The molecule has 0 aliphatic heterocycles. The SMILES string of the molecule is CC1=CCC1CCCN(C)CCNC(C)(C)C. The number of hydrogen-bond acceptors (Lipinski definition) is 2. The minimum absolute atomic E-state index is 0.245. The lowest BCUT2D eigenvalue weighted by atomic mass is 9.82. The third-order valence-corrected chi connectivity index (χ3v) is 3.61. The van der Waals surface area contributed by atoms with E-state index >= 15 is 0 Å². The summed E-state index contributed by atoms with van der Waals surface area (Å²) in [5.74, 6) is 0.899. The van der Waals surface area contributed by atoms with Crippen LogP contribution in [0.15, 0.2) is 11.6 Å². The fourth-order valence-corrected chi connectivity index (χ4v) is 2.21. The zero-order chi connectivity index (χ0) is 12.9. The van der Waals surface area contributed by atoms with Gasteiger partial charge in [-0.3, -0.25) is 0 Å². The average molecular weight is 238 g/mol. The Bertz CT molecular complexity index is 250. The summed E-state index contributed by atoms with van der Waals surface area (Å²) in [6.45, 7) is 12.4. The first-order valence-corrected chi connectivity index (χ1v) is 6.99. The van der Waals surface area contributed by atoms with Crippen LogP contribution in [0.25, 0.3) is 0 Å². The van der Waals surface area contributed by atoms with Crippen molar-refractivity contribution in [2.75, 3.05) is 26.7 Å². The molecule has 0 bridgehead atoms. The third-order valence-electron chi connectivity index (χ3n) is 3.61. The molecule has 0 fully saturated rings. The van der Waals surface area contributed by atoms with Crippen LogP contribution < -0.4 is 5.32 Å². The minimum atomic E-state index is 0.245. The van der Waals surface area contributed by atoms with Gasteiger partial charge in [0.05, 0.1) is 0 Å². The zero-order valence-electron chi connectivity index (χ0n) is 12.3. The van der Waals surface area contributed by atoms with Crippen molar-refractivity contribution >= 4 is 0 Å². The minimum Gasteiger partial charge on any atom is -0.311 e. The van der Waals surface area contributed by atoms with Crippen molar-refractivity contribution in [2.45, 2.75) is 52.5 Å². The molecule has 0 amide bonds. The molecule has 0 aromatic rings. The summed E-state index contributed by atoms with van der Waals surface area (Å²) in [5.41, 5.74) is 1.86. The van der Waals surface area contributed by atoms with Crippen LogP contribution in [0.1, 0.15) is 47.0 Å². The molecule has 100 valence electrons. The number of nitrogens with one attached hydrogen (secondary N) is 1. The largest absolute Gasteiger partial charge is 0.311 e. The predicted octanol–water partition coefficient (Wildman–Crippen LogP) is 3.05. The van der Waals surface area contributed by atoms with E-state index in [0.717, 1.165) is 19.0 Å². The molecule has 0 spiro atoms. The van der Waals surface area contributed by atoms with Crippen molar-refractivity contribution in [3.8, 4) is 0 Å². The van der Waals surface area contributed by atoms with E-state index in [1.807, 2.05) is 0 Å². The van der Waals surface area contributed by atoms with Crippen LogP contribution in [0.2, 0.25) is 0 Å². The summed E-state index contributed by atoms with van der Waals surface area (Å²) in [6, 6.07) is 0. The molecule has 0 radical (unpaired) electrons. The van der Waals surface area contributed by atoms with E-state index in [2.05, 4.69) is 51.0 Å². The summed E-state index contributed by atoms with van der Waals surface area (Å²) in [6.07, 6.45) is 6.39. The molecule has 0 heterocycles. The summed E-state index contributed by atoms with van der Waals surface area (Å²) in [4.78, 5) is 2.44. The Morgan fingerprint density at radius 3 is 2.53 bits per heavy atom. The van der Waals surface area contributed by atoms with Gasteiger partial charge in [0.15, 0.2) is 0 Å². The molecule has 17 heavy (non-hydrogen) atoms. The first-order valence-electron chi connectivity index (χ1n) is 6.99. The molecule has 2 nitrogen and oxygen atoms in total. The van der Waals surface area contributed by atoms with Gasteiger partial charge in [0, 0.05) is 18.6 Å². The molecule has 1 N–H and O–H groups in total. The molecule has 0 aromatic carbocycles. The van der Waals surface area contributed by atoms with Gasteiger partial charge >= 0.3 is 0 Å². The normalized spacial score (nSPS) is 20.4. The Morgan fingerprint density at radius 1 is 1.35 bits per heavy atom. The molecule has 1 aliphatic rings. The van der Waals surface area contributed by atoms with Gasteiger partial charge in [-0.1, -0.05) is 11.6 Å². The van der Waals surface area contributed by atoms with E-state index in [4.69, 9.17) is 0 Å². The highest BCUT2D eigenvalue weighted by Gasteiger charge is 2.16. The Balaban J connectivity index is 1.98. The number of rotatable bonds is 7. The van der Waals surface area contributed by atoms with Crippen LogP contribution in [0, 0.1) is 5.92 Å². The molecular weight excluding hydrogens is 208 g/mol. The van der Waals surface area contributed by atoms with Crippen LogP contribution in [0.5, 0.6) is 0 Å². The molecule has 1 rings (SSSR count). The van der Waals surface area contributed by atoms with Crippen LogP contribution in [-0.2, 0) is 0 Å². The maximum Gasteiger partial charge on any atom is 0.0104 e. The van der Waals surface area contributed by atoms with Crippen molar-refractivity contribution in [2.24, 2.45) is 5.92 Å². The fourth-order valence-electron chi connectivity index (χ4n) is 2.21.